The molecule has 0 saturated carbocycles. The Morgan fingerprint density at radius 3 is 2.44 bits per heavy atom. The van der Waals surface area contributed by atoms with Gasteiger partial charge in [-0.05, 0) is 61.3 Å². The van der Waals surface area contributed by atoms with Crippen molar-refractivity contribution in [2.24, 2.45) is 0 Å². The number of benzene rings is 2. The molecule has 1 saturated heterocycles. The highest BCUT2D eigenvalue weighted by Gasteiger charge is 2.28. The third kappa shape index (κ3) is 4.66. The van der Waals surface area contributed by atoms with Crippen molar-refractivity contribution in [2.75, 3.05) is 33.3 Å². The van der Waals surface area contributed by atoms with E-state index >= 15 is 0 Å². The molecular weight excluding hydrogens is 367 g/mol. The fraction of sp³-hybridized carbons (Fsp3) is 0.400. The fourth-order valence-corrected chi connectivity index (χ4v) is 5.05. The van der Waals surface area contributed by atoms with Crippen molar-refractivity contribution in [3.63, 3.8) is 0 Å². The van der Waals surface area contributed by atoms with E-state index in [1.54, 1.807) is 14.0 Å². The molecule has 27 heavy (non-hydrogen) atoms. The second kappa shape index (κ2) is 8.37. The van der Waals surface area contributed by atoms with E-state index in [9.17, 15) is 12.8 Å². The van der Waals surface area contributed by atoms with Crippen LogP contribution in [0.5, 0.6) is 5.75 Å². The molecule has 5 nitrogen and oxygen atoms in total. The second-order valence-corrected chi connectivity index (χ2v) is 8.70. The average Bonchev–Trinajstić information content (AvgIpc) is 2.88. The van der Waals surface area contributed by atoms with E-state index in [0.29, 0.717) is 25.2 Å². The topological polar surface area (TPSA) is 49.9 Å². The molecule has 2 aromatic rings. The van der Waals surface area contributed by atoms with Gasteiger partial charge in [0.05, 0.1) is 12.0 Å². The number of aryl methyl sites for hydroxylation is 1. The average molecular weight is 392 g/mol. The fourth-order valence-electron chi connectivity index (χ4n) is 3.38. The van der Waals surface area contributed by atoms with Gasteiger partial charge in [0.2, 0.25) is 10.0 Å². The smallest absolute Gasteiger partial charge is 0.243 e. The highest BCUT2D eigenvalue weighted by atomic mass is 32.2. The van der Waals surface area contributed by atoms with E-state index in [1.165, 1.54) is 28.1 Å². The lowest BCUT2D eigenvalue weighted by Gasteiger charge is -2.22. The first-order valence-corrected chi connectivity index (χ1v) is 10.5. The molecular formula is C20H25FN2O3S. The number of rotatable bonds is 5. The predicted octanol–water partition coefficient (Wildman–Crippen LogP) is 3.04. The summed E-state index contributed by atoms with van der Waals surface area (Å²) >= 11 is 0. The SMILES string of the molecule is COc1ccc(CN2CCCN(S(=O)(=O)c3ccc(F)cc3C)CC2)cc1. The Bertz CT molecular complexity index is 885. The van der Waals surface area contributed by atoms with E-state index in [0.717, 1.165) is 25.3 Å². The summed E-state index contributed by atoms with van der Waals surface area (Å²) in [5.74, 6) is 0.398. The van der Waals surface area contributed by atoms with Crippen LogP contribution in [0.2, 0.25) is 0 Å². The highest BCUT2D eigenvalue weighted by Crippen LogP contribution is 2.22. The first-order chi connectivity index (χ1) is 12.9. The highest BCUT2D eigenvalue weighted by molar-refractivity contribution is 7.89. The molecule has 0 bridgehead atoms. The molecule has 7 heteroatoms. The summed E-state index contributed by atoms with van der Waals surface area (Å²) in [4.78, 5) is 2.45. The van der Waals surface area contributed by atoms with Crippen LogP contribution in [-0.2, 0) is 16.6 Å². The summed E-state index contributed by atoms with van der Waals surface area (Å²) in [7, 11) is -1.97. The van der Waals surface area contributed by atoms with Gasteiger partial charge < -0.3 is 4.74 Å². The molecule has 3 rings (SSSR count). The summed E-state index contributed by atoms with van der Waals surface area (Å²) in [6.07, 6.45) is 0.760. The maximum atomic E-state index is 13.3. The lowest BCUT2D eigenvalue weighted by molar-refractivity contribution is 0.278. The van der Waals surface area contributed by atoms with Gasteiger partial charge in [0, 0.05) is 26.2 Å². The Balaban J connectivity index is 1.68. The van der Waals surface area contributed by atoms with Gasteiger partial charge >= 0.3 is 0 Å². The molecule has 1 aliphatic heterocycles. The van der Waals surface area contributed by atoms with Crippen molar-refractivity contribution in [1.82, 2.24) is 9.21 Å². The van der Waals surface area contributed by atoms with Crippen LogP contribution in [0, 0.1) is 12.7 Å². The Labute approximate surface area is 160 Å². The second-order valence-electron chi connectivity index (χ2n) is 6.79. The van der Waals surface area contributed by atoms with Gasteiger partial charge in [0.1, 0.15) is 11.6 Å². The third-order valence-electron chi connectivity index (χ3n) is 4.87. The summed E-state index contributed by atoms with van der Waals surface area (Å²) < 4.78 is 46.0. The number of nitrogens with zero attached hydrogens (tertiary/aromatic N) is 2. The Morgan fingerprint density at radius 1 is 1.04 bits per heavy atom. The number of hydrogen-bond donors (Lipinski definition) is 0. The van der Waals surface area contributed by atoms with Gasteiger partial charge in [-0.2, -0.15) is 4.31 Å². The van der Waals surface area contributed by atoms with Gasteiger partial charge in [-0.3, -0.25) is 4.90 Å². The van der Waals surface area contributed by atoms with Crippen molar-refractivity contribution in [3.05, 3.63) is 59.4 Å². The molecule has 0 N–H and O–H groups in total. The van der Waals surface area contributed by atoms with Crippen molar-refractivity contribution < 1.29 is 17.5 Å². The predicted molar refractivity (Wildman–Crippen MR) is 103 cm³/mol. The summed E-state index contributed by atoms with van der Waals surface area (Å²) in [6, 6.07) is 11.7. The Kier molecular flexibility index (Phi) is 6.14. The van der Waals surface area contributed by atoms with E-state index in [4.69, 9.17) is 4.74 Å². The number of hydrogen-bond acceptors (Lipinski definition) is 4. The van der Waals surface area contributed by atoms with Crippen molar-refractivity contribution >= 4 is 10.0 Å². The van der Waals surface area contributed by atoms with Crippen molar-refractivity contribution in [1.29, 1.82) is 0 Å². The largest absolute Gasteiger partial charge is 0.497 e. The molecule has 0 radical (unpaired) electrons. The minimum Gasteiger partial charge on any atom is -0.497 e. The van der Waals surface area contributed by atoms with Crippen LogP contribution >= 0.6 is 0 Å². The molecule has 0 unspecified atom stereocenters. The minimum absolute atomic E-state index is 0.188. The van der Waals surface area contributed by atoms with Crippen LogP contribution in [0.25, 0.3) is 0 Å². The van der Waals surface area contributed by atoms with E-state index in [2.05, 4.69) is 4.90 Å². The molecule has 0 aromatic heterocycles. The molecule has 0 spiro atoms. The molecule has 1 aliphatic rings. The van der Waals surface area contributed by atoms with Gasteiger partial charge in [-0.1, -0.05) is 12.1 Å². The van der Waals surface area contributed by atoms with E-state index in [-0.39, 0.29) is 4.90 Å². The molecule has 0 amide bonds. The maximum absolute atomic E-state index is 13.3. The zero-order chi connectivity index (χ0) is 19.4. The molecule has 146 valence electrons. The quantitative estimate of drug-likeness (QED) is 0.785. The number of ether oxygens (including phenoxy) is 1. The molecule has 0 aliphatic carbocycles. The van der Waals surface area contributed by atoms with Crippen molar-refractivity contribution in [3.8, 4) is 5.75 Å². The first-order valence-electron chi connectivity index (χ1n) is 9.02. The number of halogens is 1. The van der Waals surface area contributed by atoms with Crippen LogP contribution in [0.3, 0.4) is 0 Å². The third-order valence-corrected chi connectivity index (χ3v) is 6.93. The summed E-state index contributed by atoms with van der Waals surface area (Å²) in [5, 5.41) is 0. The van der Waals surface area contributed by atoms with Gasteiger partial charge in [-0.15, -0.1) is 0 Å². The molecule has 0 atom stereocenters. The Morgan fingerprint density at radius 2 is 1.78 bits per heavy atom. The molecule has 1 heterocycles. The standard InChI is InChI=1S/C20H25FN2O3S/c1-16-14-18(21)6-9-20(16)27(24,25)23-11-3-10-22(12-13-23)15-17-4-7-19(26-2)8-5-17/h4-9,14H,3,10-13,15H2,1-2H3. The van der Waals surface area contributed by atoms with E-state index < -0.39 is 15.8 Å². The van der Waals surface area contributed by atoms with Gasteiger partial charge in [0.15, 0.2) is 0 Å². The van der Waals surface area contributed by atoms with Crippen molar-refractivity contribution in [2.45, 2.75) is 24.8 Å². The van der Waals surface area contributed by atoms with Gasteiger partial charge in [0.25, 0.3) is 0 Å². The molecule has 2 aromatic carbocycles. The Hall–Kier alpha value is -1.96. The number of methoxy groups -OCH3 is 1. The number of sulfonamides is 1. The van der Waals surface area contributed by atoms with Crippen LogP contribution in [0.1, 0.15) is 17.5 Å². The van der Waals surface area contributed by atoms with Crippen LogP contribution in [0.4, 0.5) is 4.39 Å². The van der Waals surface area contributed by atoms with Crippen LogP contribution < -0.4 is 4.74 Å². The summed E-state index contributed by atoms with van der Waals surface area (Å²) in [6.45, 7) is 4.79. The lowest BCUT2D eigenvalue weighted by atomic mass is 10.2. The van der Waals surface area contributed by atoms with Crippen LogP contribution in [-0.4, -0.2) is 50.9 Å². The normalized spacial score (nSPS) is 16.9. The lowest BCUT2D eigenvalue weighted by Crippen LogP contribution is -2.35. The van der Waals surface area contributed by atoms with Gasteiger partial charge in [-0.25, -0.2) is 12.8 Å². The molecule has 1 fully saturated rings. The zero-order valence-electron chi connectivity index (χ0n) is 15.7. The summed E-state index contributed by atoms with van der Waals surface area (Å²) in [5.41, 5.74) is 1.61. The first kappa shape index (κ1) is 19.8. The monoisotopic (exact) mass is 392 g/mol. The van der Waals surface area contributed by atoms with Crippen LogP contribution in [0.15, 0.2) is 47.4 Å². The maximum Gasteiger partial charge on any atom is 0.243 e. The zero-order valence-corrected chi connectivity index (χ0v) is 16.5. The van der Waals surface area contributed by atoms with E-state index in [1.807, 2.05) is 24.3 Å². The minimum atomic E-state index is -3.61.